The summed E-state index contributed by atoms with van der Waals surface area (Å²) in [6, 6.07) is 10.1. The number of halogens is 3. The lowest BCUT2D eigenvalue weighted by atomic mass is 9.95. The molecule has 0 aliphatic carbocycles. The van der Waals surface area contributed by atoms with Gasteiger partial charge in [0.15, 0.2) is 0 Å². The summed E-state index contributed by atoms with van der Waals surface area (Å²) in [4.78, 5) is 58.9. The van der Waals surface area contributed by atoms with Gasteiger partial charge in [-0.3, -0.25) is 9.59 Å². The number of aliphatic carboxylic acids is 1. The summed E-state index contributed by atoms with van der Waals surface area (Å²) < 4.78 is 37.3. The van der Waals surface area contributed by atoms with Crippen LogP contribution in [0.5, 0.6) is 23.0 Å². The smallest absolute Gasteiger partial charge is 0.490 e. The van der Waals surface area contributed by atoms with Crippen molar-refractivity contribution in [2.24, 2.45) is 0 Å². The molecule has 1 amide bonds. The van der Waals surface area contributed by atoms with E-state index in [0.29, 0.717) is 13.0 Å². The summed E-state index contributed by atoms with van der Waals surface area (Å²) in [5, 5.41) is 62.8. The normalized spacial score (nSPS) is 15.9. The molecule has 17 heteroatoms. The van der Waals surface area contributed by atoms with Crippen molar-refractivity contribution in [2.75, 3.05) is 13.1 Å². The molecule has 0 saturated carbocycles. The number of aromatic carboxylic acids is 1. The molecule has 3 aromatic rings. The van der Waals surface area contributed by atoms with E-state index in [9.17, 15) is 57.9 Å². The van der Waals surface area contributed by atoms with E-state index in [1.165, 1.54) is 30.3 Å². The molecule has 0 spiro atoms. The second-order valence-corrected chi connectivity index (χ2v) is 9.59. The van der Waals surface area contributed by atoms with Gasteiger partial charge in [0.25, 0.3) is 5.91 Å². The quantitative estimate of drug-likeness (QED) is 0.136. The highest BCUT2D eigenvalue weighted by Gasteiger charge is 2.38. The predicted octanol–water partition coefficient (Wildman–Crippen LogP) is 2.39. The van der Waals surface area contributed by atoms with Gasteiger partial charge in [0, 0.05) is 12.1 Å². The highest BCUT2D eigenvalue weighted by atomic mass is 19.4. The van der Waals surface area contributed by atoms with Crippen molar-refractivity contribution in [3.8, 4) is 23.0 Å². The molecule has 1 heterocycles. The number of aromatic hydroxyl groups is 4. The van der Waals surface area contributed by atoms with Crippen LogP contribution < -0.4 is 10.6 Å². The number of esters is 1. The van der Waals surface area contributed by atoms with Crippen LogP contribution >= 0.6 is 0 Å². The standard InChI is InChI=1S/C27H24N2O10.C2HF3O2/c30-15-6-4-13(5-7-15)25(35)29-17-12-28-9-8-21(17)39-27(38)14-10-19(32)23(20(33)11-14)24(34)22-16(26(36)37)2-1-3-18(22)31;3-2(4,5)1(6)7/h1-7,10-11,17,21,28,30-33H,8-9,12H2,(H,29,35)(H,36,37);(H,6,7). The zero-order chi connectivity index (χ0) is 34.3. The number of hydrogen-bond acceptors (Lipinski definition) is 11. The van der Waals surface area contributed by atoms with Crippen LogP contribution in [0, 0.1) is 0 Å². The number of phenols is 4. The maximum Gasteiger partial charge on any atom is 0.490 e. The third-order valence-corrected chi connectivity index (χ3v) is 6.42. The Hall–Kier alpha value is -5.84. The molecule has 1 aliphatic heterocycles. The fraction of sp³-hybridized carbons (Fsp3) is 0.207. The van der Waals surface area contributed by atoms with Crippen molar-refractivity contribution in [1.29, 1.82) is 0 Å². The zero-order valence-electron chi connectivity index (χ0n) is 23.2. The minimum atomic E-state index is -5.08. The van der Waals surface area contributed by atoms with Gasteiger partial charge in [0.1, 0.15) is 34.7 Å². The Kier molecular flexibility index (Phi) is 10.8. The molecule has 1 saturated heterocycles. The topological polar surface area (TPSA) is 240 Å². The number of amides is 1. The average molecular weight is 651 g/mol. The van der Waals surface area contributed by atoms with E-state index in [1.54, 1.807) is 0 Å². The average Bonchev–Trinajstić information content (AvgIpc) is 2.97. The van der Waals surface area contributed by atoms with E-state index in [2.05, 4.69) is 10.6 Å². The summed E-state index contributed by atoms with van der Waals surface area (Å²) >= 11 is 0. The Balaban J connectivity index is 0.000000738. The Morgan fingerprint density at radius 1 is 0.826 bits per heavy atom. The highest BCUT2D eigenvalue weighted by Crippen LogP contribution is 2.35. The van der Waals surface area contributed by atoms with Gasteiger partial charge < -0.3 is 46.0 Å². The van der Waals surface area contributed by atoms with E-state index < -0.39 is 81.9 Å². The van der Waals surface area contributed by atoms with Crippen molar-refractivity contribution in [3.05, 3.63) is 82.4 Å². The molecule has 3 aromatic carbocycles. The lowest BCUT2D eigenvalue weighted by Gasteiger charge is -2.32. The number of hydrogen-bond donors (Lipinski definition) is 8. The van der Waals surface area contributed by atoms with Crippen molar-refractivity contribution in [1.82, 2.24) is 10.6 Å². The monoisotopic (exact) mass is 650 g/mol. The summed E-state index contributed by atoms with van der Waals surface area (Å²) in [6.45, 7) is 0.776. The number of carbonyl (C=O) groups excluding carboxylic acids is 3. The van der Waals surface area contributed by atoms with Gasteiger partial charge in [-0.15, -0.1) is 0 Å². The number of ketones is 1. The molecule has 0 aromatic heterocycles. The second kappa shape index (κ2) is 14.3. The summed E-state index contributed by atoms with van der Waals surface area (Å²) in [7, 11) is 0. The van der Waals surface area contributed by atoms with Crippen molar-refractivity contribution in [2.45, 2.75) is 24.7 Å². The summed E-state index contributed by atoms with van der Waals surface area (Å²) in [6.07, 6.45) is -5.52. The van der Waals surface area contributed by atoms with Crippen LogP contribution in [-0.4, -0.2) is 91.6 Å². The van der Waals surface area contributed by atoms with Crippen molar-refractivity contribution >= 4 is 29.6 Å². The molecule has 244 valence electrons. The number of phenolic OH excluding ortho intramolecular Hbond substituents is 4. The molecule has 1 aliphatic rings. The molecule has 46 heavy (non-hydrogen) atoms. The van der Waals surface area contributed by atoms with Crippen LogP contribution in [0.25, 0.3) is 0 Å². The number of carboxylic acids is 2. The van der Waals surface area contributed by atoms with Gasteiger partial charge in [-0.25, -0.2) is 14.4 Å². The largest absolute Gasteiger partial charge is 0.508 e. The minimum Gasteiger partial charge on any atom is -0.508 e. The van der Waals surface area contributed by atoms with Crippen molar-refractivity contribution in [3.63, 3.8) is 0 Å². The third-order valence-electron chi connectivity index (χ3n) is 6.42. The highest BCUT2D eigenvalue weighted by molar-refractivity contribution is 6.18. The number of benzene rings is 3. The first-order valence-corrected chi connectivity index (χ1v) is 13.0. The number of piperidine rings is 1. The van der Waals surface area contributed by atoms with Gasteiger partial charge in [0.2, 0.25) is 5.78 Å². The lowest BCUT2D eigenvalue weighted by molar-refractivity contribution is -0.192. The van der Waals surface area contributed by atoms with E-state index in [-0.39, 0.29) is 23.4 Å². The molecular weight excluding hydrogens is 625 g/mol. The SMILES string of the molecule is O=C(NC1CNCCC1OC(=O)c1cc(O)c(C(=O)c2c(O)cccc2C(=O)O)c(O)c1)c1ccc(O)cc1.O=C(O)C(F)(F)F. The lowest BCUT2D eigenvalue weighted by Crippen LogP contribution is -2.55. The van der Waals surface area contributed by atoms with Crippen LogP contribution in [0.1, 0.15) is 53.4 Å². The van der Waals surface area contributed by atoms with E-state index in [1.807, 2.05) is 0 Å². The first-order chi connectivity index (χ1) is 21.5. The van der Waals surface area contributed by atoms with Crippen LogP contribution in [0.3, 0.4) is 0 Å². The fourth-order valence-electron chi connectivity index (χ4n) is 4.23. The van der Waals surface area contributed by atoms with E-state index >= 15 is 0 Å². The maximum absolute atomic E-state index is 13.0. The minimum absolute atomic E-state index is 0.000177. The molecule has 4 rings (SSSR count). The number of alkyl halides is 3. The molecule has 8 N–H and O–H groups in total. The Bertz CT molecular complexity index is 1640. The van der Waals surface area contributed by atoms with Crippen LogP contribution in [0.15, 0.2) is 54.6 Å². The molecule has 1 fully saturated rings. The molecule has 2 unspecified atom stereocenters. The van der Waals surface area contributed by atoms with Crippen LogP contribution in [0.2, 0.25) is 0 Å². The molecule has 0 radical (unpaired) electrons. The van der Waals surface area contributed by atoms with Gasteiger partial charge in [-0.1, -0.05) is 6.07 Å². The van der Waals surface area contributed by atoms with Gasteiger partial charge in [-0.2, -0.15) is 13.2 Å². The van der Waals surface area contributed by atoms with Gasteiger partial charge in [0.05, 0.1) is 22.7 Å². The number of nitrogens with one attached hydrogen (secondary N) is 2. The summed E-state index contributed by atoms with van der Waals surface area (Å²) in [5.41, 5.74) is -1.92. The van der Waals surface area contributed by atoms with Crippen LogP contribution in [-0.2, 0) is 9.53 Å². The fourth-order valence-corrected chi connectivity index (χ4v) is 4.23. The Morgan fingerprint density at radius 2 is 1.41 bits per heavy atom. The molecule has 0 bridgehead atoms. The Labute approximate surface area is 256 Å². The molecule has 2 atom stereocenters. The number of ether oxygens (including phenoxy) is 1. The van der Waals surface area contributed by atoms with Crippen LogP contribution in [0.4, 0.5) is 13.2 Å². The van der Waals surface area contributed by atoms with Gasteiger partial charge in [-0.05, 0) is 61.5 Å². The van der Waals surface area contributed by atoms with Crippen molar-refractivity contribution < 1.29 is 72.5 Å². The van der Waals surface area contributed by atoms with E-state index in [0.717, 1.165) is 24.3 Å². The molecular formula is C29H25F3N2O12. The zero-order valence-corrected chi connectivity index (χ0v) is 23.2. The number of rotatable bonds is 7. The first kappa shape index (κ1) is 34.6. The van der Waals surface area contributed by atoms with Gasteiger partial charge >= 0.3 is 24.1 Å². The maximum atomic E-state index is 13.0. The summed E-state index contributed by atoms with van der Waals surface area (Å²) in [5.74, 6) is -9.20. The predicted molar refractivity (Wildman–Crippen MR) is 148 cm³/mol. The third kappa shape index (κ3) is 8.41. The number of carboxylic acid groups (broad SMARTS) is 2. The Morgan fingerprint density at radius 3 is 1.96 bits per heavy atom. The first-order valence-electron chi connectivity index (χ1n) is 13.0. The number of carbonyl (C=O) groups is 5. The second-order valence-electron chi connectivity index (χ2n) is 9.59. The van der Waals surface area contributed by atoms with E-state index in [4.69, 9.17) is 14.6 Å². The molecule has 14 nitrogen and oxygen atoms in total.